The molecule has 1 aromatic carbocycles. The number of halogens is 1. The molecule has 0 radical (unpaired) electrons. The summed E-state index contributed by atoms with van der Waals surface area (Å²) in [5.74, 6) is -1.38. The summed E-state index contributed by atoms with van der Waals surface area (Å²) < 4.78 is 41.4. The standard InChI is InChI=1S/C20H30FN3O4S/c1-5-23(6-2)19(25)15-9-11-24(12-10-15)20(26)17-13-16(7-8-18(17)21)29(27,28)22-14(3)4/h7-8,13-15,22H,5-6,9-12H2,1-4H3. The molecule has 1 N–H and O–H groups in total. The Kier molecular flexibility index (Phi) is 7.76. The van der Waals surface area contributed by atoms with Crippen LogP contribution < -0.4 is 4.72 Å². The van der Waals surface area contributed by atoms with Crippen LogP contribution in [0.4, 0.5) is 4.39 Å². The average Bonchev–Trinajstić information content (AvgIpc) is 2.67. The molecule has 7 nitrogen and oxygen atoms in total. The fourth-order valence-corrected chi connectivity index (χ4v) is 4.78. The Morgan fingerprint density at radius 1 is 1.21 bits per heavy atom. The van der Waals surface area contributed by atoms with E-state index in [9.17, 15) is 22.4 Å². The molecule has 1 aliphatic rings. The van der Waals surface area contributed by atoms with E-state index in [1.807, 2.05) is 13.8 Å². The van der Waals surface area contributed by atoms with Gasteiger partial charge in [0.2, 0.25) is 15.9 Å². The highest BCUT2D eigenvalue weighted by Crippen LogP contribution is 2.23. The first kappa shape index (κ1) is 23.3. The van der Waals surface area contributed by atoms with Gasteiger partial charge in [0.25, 0.3) is 5.91 Å². The summed E-state index contributed by atoms with van der Waals surface area (Å²) in [7, 11) is -3.84. The van der Waals surface area contributed by atoms with Crippen LogP contribution in [0.15, 0.2) is 23.1 Å². The summed E-state index contributed by atoms with van der Waals surface area (Å²) in [4.78, 5) is 28.4. The minimum Gasteiger partial charge on any atom is -0.343 e. The normalized spacial score (nSPS) is 15.6. The van der Waals surface area contributed by atoms with Gasteiger partial charge < -0.3 is 9.80 Å². The Morgan fingerprint density at radius 3 is 2.31 bits per heavy atom. The summed E-state index contributed by atoms with van der Waals surface area (Å²) in [5.41, 5.74) is -0.273. The Balaban J connectivity index is 2.14. The third-order valence-corrected chi connectivity index (χ3v) is 6.73. The van der Waals surface area contributed by atoms with E-state index in [1.165, 1.54) is 4.90 Å². The predicted molar refractivity (Wildman–Crippen MR) is 108 cm³/mol. The Bertz CT molecular complexity index is 845. The number of carbonyl (C=O) groups excluding carboxylic acids is 2. The highest BCUT2D eigenvalue weighted by Gasteiger charge is 2.31. The maximum atomic E-state index is 14.3. The van der Waals surface area contributed by atoms with Gasteiger partial charge in [-0.05, 0) is 58.7 Å². The van der Waals surface area contributed by atoms with Crippen molar-refractivity contribution in [2.24, 2.45) is 5.92 Å². The van der Waals surface area contributed by atoms with Gasteiger partial charge in [-0.25, -0.2) is 17.5 Å². The lowest BCUT2D eigenvalue weighted by atomic mass is 9.94. The Labute approximate surface area is 172 Å². The van der Waals surface area contributed by atoms with Gasteiger partial charge in [0, 0.05) is 38.1 Å². The molecule has 0 unspecified atom stereocenters. The van der Waals surface area contributed by atoms with Gasteiger partial charge >= 0.3 is 0 Å². The van der Waals surface area contributed by atoms with Crippen molar-refractivity contribution in [3.8, 4) is 0 Å². The van der Waals surface area contributed by atoms with Gasteiger partial charge in [0.15, 0.2) is 0 Å². The maximum Gasteiger partial charge on any atom is 0.256 e. The number of carbonyl (C=O) groups is 2. The molecule has 1 aliphatic heterocycles. The first-order valence-corrected chi connectivity index (χ1v) is 11.5. The summed E-state index contributed by atoms with van der Waals surface area (Å²) in [6.07, 6.45) is 1.02. The molecule has 0 saturated carbocycles. The number of hydrogen-bond acceptors (Lipinski definition) is 4. The van der Waals surface area contributed by atoms with E-state index in [0.717, 1.165) is 18.2 Å². The summed E-state index contributed by atoms with van der Waals surface area (Å²) in [6, 6.07) is 2.90. The monoisotopic (exact) mass is 427 g/mol. The fourth-order valence-electron chi connectivity index (χ4n) is 3.51. The van der Waals surface area contributed by atoms with Gasteiger partial charge in [0.05, 0.1) is 10.5 Å². The first-order valence-electron chi connectivity index (χ1n) is 10.0. The number of rotatable bonds is 7. The van der Waals surface area contributed by atoms with E-state index in [2.05, 4.69) is 4.72 Å². The molecule has 29 heavy (non-hydrogen) atoms. The van der Waals surface area contributed by atoms with Crippen molar-refractivity contribution in [3.05, 3.63) is 29.6 Å². The molecule has 0 bridgehead atoms. The van der Waals surface area contributed by atoms with Gasteiger partial charge in [-0.2, -0.15) is 0 Å². The molecule has 0 spiro atoms. The lowest BCUT2D eigenvalue weighted by molar-refractivity contribution is -0.136. The van der Waals surface area contributed by atoms with E-state index < -0.39 is 21.7 Å². The van der Waals surface area contributed by atoms with Crippen LogP contribution in [0, 0.1) is 11.7 Å². The van der Waals surface area contributed by atoms with E-state index in [1.54, 1.807) is 18.7 Å². The van der Waals surface area contributed by atoms with Crippen molar-refractivity contribution in [1.82, 2.24) is 14.5 Å². The number of hydrogen-bond donors (Lipinski definition) is 1. The lowest BCUT2D eigenvalue weighted by Crippen LogP contribution is -2.44. The van der Waals surface area contributed by atoms with Gasteiger partial charge in [-0.15, -0.1) is 0 Å². The van der Waals surface area contributed by atoms with E-state index in [-0.39, 0.29) is 28.3 Å². The minimum absolute atomic E-state index is 0.0844. The number of sulfonamides is 1. The van der Waals surface area contributed by atoms with Crippen molar-refractivity contribution in [3.63, 3.8) is 0 Å². The second-order valence-corrected chi connectivity index (χ2v) is 9.21. The van der Waals surface area contributed by atoms with Crippen molar-refractivity contribution < 1.29 is 22.4 Å². The molecule has 2 rings (SSSR count). The van der Waals surface area contributed by atoms with E-state index >= 15 is 0 Å². The van der Waals surface area contributed by atoms with Crippen LogP contribution in [-0.4, -0.2) is 62.3 Å². The number of likely N-dealkylation sites (tertiary alicyclic amines) is 1. The average molecular weight is 428 g/mol. The molecule has 1 fully saturated rings. The third kappa shape index (κ3) is 5.54. The Morgan fingerprint density at radius 2 is 1.79 bits per heavy atom. The highest BCUT2D eigenvalue weighted by atomic mass is 32.2. The van der Waals surface area contributed by atoms with Gasteiger partial charge in [0.1, 0.15) is 5.82 Å². The van der Waals surface area contributed by atoms with Crippen molar-refractivity contribution in [2.45, 2.75) is 51.5 Å². The topological polar surface area (TPSA) is 86.8 Å². The SMILES string of the molecule is CCN(CC)C(=O)C1CCN(C(=O)c2cc(S(=O)(=O)NC(C)C)ccc2F)CC1. The quantitative estimate of drug-likeness (QED) is 0.723. The van der Waals surface area contributed by atoms with Crippen LogP contribution in [0.2, 0.25) is 0 Å². The molecule has 9 heteroatoms. The zero-order chi connectivity index (χ0) is 21.8. The number of nitrogens with zero attached hydrogens (tertiary/aromatic N) is 2. The van der Waals surface area contributed by atoms with Crippen molar-refractivity contribution in [1.29, 1.82) is 0 Å². The molecule has 1 saturated heterocycles. The lowest BCUT2D eigenvalue weighted by Gasteiger charge is -2.33. The van der Waals surface area contributed by atoms with E-state index in [4.69, 9.17) is 0 Å². The van der Waals surface area contributed by atoms with Crippen LogP contribution in [0.1, 0.15) is 50.9 Å². The molecule has 0 atom stereocenters. The van der Waals surface area contributed by atoms with E-state index in [0.29, 0.717) is 39.0 Å². The number of piperidine rings is 1. The largest absolute Gasteiger partial charge is 0.343 e. The van der Waals surface area contributed by atoms with Crippen LogP contribution >= 0.6 is 0 Å². The molecule has 1 aromatic rings. The number of benzene rings is 1. The summed E-state index contributed by atoms with van der Waals surface area (Å²) >= 11 is 0. The number of nitrogens with one attached hydrogen (secondary N) is 1. The smallest absolute Gasteiger partial charge is 0.256 e. The highest BCUT2D eigenvalue weighted by molar-refractivity contribution is 7.89. The zero-order valence-corrected chi connectivity index (χ0v) is 18.3. The predicted octanol–water partition coefficient (Wildman–Crippen LogP) is 2.23. The Hall–Kier alpha value is -2.00. The van der Waals surface area contributed by atoms with Crippen molar-refractivity contribution in [2.75, 3.05) is 26.2 Å². The zero-order valence-electron chi connectivity index (χ0n) is 17.4. The van der Waals surface area contributed by atoms with Crippen molar-refractivity contribution >= 4 is 21.8 Å². The third-order valence-electron chi connectivity index (χ3n) is 5.08. The van der Waals surface area contributed by atoms with Crippen LogP contribution in [-0.2, 0) is 14.8 Å². The van der Waals surface area contributed by atoms with Gasteiger partial charge in [-0.1, -0.05) is 0 Å². The molecular formula is C20H30FN3O4S. The fraction of sp³-hybridized carbons (Fsp3) is 0.600. The minimum atomic E-state index is -3.84. The molecule has 0 aliphatic carbocycles. The molecule has 2 amide bonds. The first-order chi connectivity index (χ1) is 13.6. The molecular weight excluding hydrogens is 397 g/mol. The summed E-state index contributed by atoms with van der Waals surface area (Å²) in [5, 5.41) is 0. The molecule has 162 valence electrons. The maximum absolute atomic E-state index is 14.3. The second kappa shape index (κ2) is 9.67. The van der Waals surface area contributed by atoms with Crippen LogP contribution in [0.5, 0.6) is 0 Å². The van der Waals surface area contributed by atoms with Crippen LogP contribution in [0.3, 0.4) is 0 Å². The number of amides is 2. The molecule has 0 aromatic heterocycles. The molecule has 1 heterocycles. The van der Waals surface area contributed by atoms with Gasteiger partial charge in [-0.3, -0.25) is 9.59 Å². The van der Waals surface area contributed by atoms with Crippen LogP contribution in [0.25, 0.3) is 0 Å². The summed E-state index contributed by atoms with van der Waals surface area (Å²) in [6.45, 7) is 9.16. The second-order valence-electron chi connectivity index (χ2n) is 7.49.